The zero-order valence-corrected chi connectivity index (χ0v) is 25.3. The number of nitrogen functional groups attached to an aromatic ring is 1. The van der Waals surface area contributed by atoms with E-state index in [1.807, 2.05) is 30.3 Å². The maximum Gasteiger partial charge on any atom is 0.339 e. The zero-order valence-electron chi connectivity index (χ0n) is 25.3. The van der Waals surface area contributed by atoms with Crippen molar-refractivity contribution in [1.29, 1.82) is 5.41 Å². The second-order valence-electron chi connectivity index (χ2n) is 11.2. The van der Waals surface area contributed by atoms with Gasteiger partial charge in [0.2, 0.25) is 5.88 Å². The van der Waals surface area contributed by atoms with Crippen LogP contribution in [0.1, 0.15) is 61.6 Å². The molecular formula is C35H35N5O6. The van der Waals surface area contributed by atoms with Crippen LogP contribution < -0.4 is 21.1 Å². The number of carbonyl (C=O) groups excluding carboxylic acids is 3. The fourth-order valence-electron chi connectivity index (χ4n) is 5.20. The molecule has 0 unspecified atom stereocenters. The van der Waals surface area contributed by atoms with Crippen molar-refractivity contribution in [2.75, 3.05) is 25.6 Å². The predicted molar refractivity (Wildman–Crippen MR) is 173 cm³/mol. The molecule has 0 saturated heterocycles. The number of aromatic nitrogens is 1. The number of amides is 2. The maximum absolute atomic E-state index is 13.6. The highest BCUT2D eigenvalue weighted by molar-refractivity contribution is 6.10. The number of rotatable bonds is 12. The largest absolute Gasteiger partial charge is 0.481 e. The fraction of sp³-hybridized carbons (Fsp3) is 0.229. The number of methoxy groups -OCH3 is 1. The summed E-state index contributed by atoms with van der Waals surface area (Å²) in [5.74, 6) is -1.59. The third kappa shape index (κ3) is 7.22. The molecule has 3 aromatic carbocycles. The van der Waals surface area contributed by atoms with E-state index in [1.54, 1.807) is 48.5 Å². The van der Waals surface area contributed by atoms with E-state index in [2.05, 4.69) is 15.6 Å². The lowest BCUT2D eigenvalue weighted by Gasteiger charge is -2.40. The van der Waals surface area contributed by atoms with Crippen LogP contribution in [0.3, 0.4) is 0 Å². The first-order valence-corrected chi connectivity index (χ1v) is 14.8. The first-order valence-electron chi connectivity index (χ1n) is 14.8. The van der Waals surface area contributed by atoms with Crippen molar-refractivity contribution in [3.05, 3.63) is 113 Å². The average molecular weight is 622 g/mol. The number of benzene rings is 3. The molecule has 11 nitrogen and oxygen atoms in total. The van der Waals surface area contributed by atoms with Gasteiger partial charge in [-0.1, -0.05) is 42.8 Å². The van der Waals surface area contributed by atoms with Gasteiger partial charge >= 0.3 is 5.97 Å². The number of carbonyl (C=O) groups is 3. The van der Waals surface area contributed by atoms with Gasteiger partial charge < -0.3 is 30.9 Å². The van der Waals surface area contributed by atoms with Gasteiger partial charge in [-0.15, -0.1) is 0 Å². The highest BCUT2D eigenvalue weighted by Crippen LogP contribution is 2.39. The first kappa shape index (κ1) is 31.9. The molecule has 46 heavy (non-hydrogen) atoms. The Bertz CT molecular complexity index is 1750. The SMILES string of the molecule is COc1ccc(-c2ccc(C(=O)NCC3(CO)CCC3)cc2C(=O)OCc2ccccc2)c(C(=O)Nc2ccc(C(=N)N)cc2)n1. The summed E-state index contributed by atoms with van der Waals surface area (Å²) in [4.78, 5) is 44.9. The van der Waals surface area contributed by atoms with Crippen molar-refractivity contribution < 1.29 is 29.0 Å². The molecule has 1 saturated carbocycles. The predicted octanol–water partition coefficient (Wildman–Crippen LogP) is 4.54. The number of nitrogens with zero attached hydrogens (tertiary/aromatic N) is 1. The lowest BCUT2D eigenvalue weighted by Crippen LogP contribution is -2.44. The molecule has 2 amide bonds. The van der Waals surface area contributed by atoms with Crippen molar-refractivity contribution in [2.24, 2.45) is 11.1 Å². The molecule has 0 aliphatic heterocycles. The highest BCUT2D eigenvalue weighted by Gasteiger charge is 2.36. The Balaban J connectivity index is 1.50. The number of aliphatic hydroxyl groups excluding tert-OH is 1. The molecule has 1 aromatic heterocycles. The number of esters is 1. The normalized spacial score (nSPS) is 13.2. The third-order valence-electron chi connectivity index (χ3n) is 8.13. The quantitative estimate of drug-likeness (QED) is 0.0870. The second kappa shape index (κ2) is 14.0. The molecule has 1 aliphatic carbocycles. The van der Waals surface area contributed by atoms with Crippen LogP contribution in [0.2, 0.25) is 0 Å². The van der Waals surface area contributed by atoms with Gasteiger partial charge in [0.1, 0.15) is 18.1 Å². The van der Waals surface area contributed by atoms with Gasteiger partial charge in [-0.3, -0.25) is 15.0 Å². The Labute approximate surface area is 266 Å². The summed E-state index contributed by atoms with van der Waals surface area (Å²) in [5, 5.41) is 23.1. The van der Waals surface area contributed by atoms with Gasteiger partial charge in [-0.25, -0.2) is 9.78 Å². The van der Waals surface area contributed by atoms with Crippen LogP contribution in [0, 0.1) is 10.8 Å². The number of anilines is 1. The van der Waals surface area contributed by atoms with Crippen LogP contribution >= 0.6 is 0 Å². The van der Waals surface area contributed by atoms with Gasteiger partial charge in [-0.05, 0) is 66.4 Å². The van der Waals surface area contributed by atoms with Crippen LogP contribution in [0.15, 0.2) is 84.9 Å². The molecule has 4 aromatic rings. The Morgan fingerprint density at radius 1 is 0.935 bits per heavy atom. The van der Waals surface area contributed by atoms with E-state index in [0.717, 1.165) is 24.8 Å². The minimum absolute atomic E-state index is 0.000971. The number of hydrogen-bond donors (Lipinski definition) is 5. The zero-order chi connectivity index (χ0) is 32.7. The van der Waals surface area contributed by atoms with Crippen LogP contribution in [-0.2, 0) is 11.3 Å². The van der Waals surface area contributed by atoms with Crippen molar-refractivity contribution >= 4 is 29.3 Å². The van der Waals surface area contributed by atoms with Crippen molar-refractivity contribution in [3.8, 4) is 17.0 Å². The van der Waals surface area contributed by atoms with Crippen LogP contribution in [0.25, 0.3) is 11.1 Å². The van der Waals surface area contributed by atoms with Crippen LogP contribution in [0.5, 0.6) is 5.88 Å². The van der Waals surface area contributed by atoms with Gasteiger partial charge in [0, 0.05) is 40.4 Å². The molecule has 236 valence electrons. The molecule has 0 atom stereocenters. The lowest BCUT2D eigenvalue weighted by atomic mass is 9.69. The molecule has 1 heterocycles. The summed E-state index contributed by atoms with van der Waals surface area (Å²) >= 11 is 0. The van der Waals surface area contributed by atoms with Crippen molar-refractivity contribution in [2.45, 2.75) is 25.9 Å². The molecule has 1 aliphatic rings. The number of hydrogen-bond acceptors (Lipinski definition) is 8. The molecule has 1 fully saturated rings. The van der Waals surface area contributed by atoms with E-state index in [-0.39, 0.29) is 47.2 Å². The molecule has 0 bridgehead atoms. The molecule has 6 N–H and O–H groups in total. The third-order valence-corrected chi connectivity index (χ3v) is 8.13. The van der Waals surface area contributed by atoms with Crippen LogP contribution in [-0.4, -0.2) is 54.0 Å². The number of ether oxygens (including phenoxy) is 2. The van der Waals surface area contributed by atoms with E-state index in [0.29, 0.717) is 28.9 Å². The van der Waals surface area contributed by atoms with E-state index in [9.17, 15) is 19.5 Å². The van der Waals surface area contributed by atoms with Crippen LogP contribution in [0.4, 0.5) is 5.69 Å². The number of pyridine rings is 1. The summed E-state index contributed by atoms with van der Waals surface area (Å²) in [6.45, 7) is 0.302. The second-order valence-corrected chi connectivity index (χ2v) is 11.2. The molecule has 11 heteroatoms. The monoisotopic (exact) mass is 621 g/mol. The Kier molecular flexibility index (Phi) is 9.73. The summed E-state index contributed by atoms with van der Waals surface area (Å²) in [6.07, 6.45) is 2.66. The fourth-order valence-corrected chi connectivity index (χ4v) is 5.20. The molecule has 0 spiro atoms. The summed E-state index contributed by atoms with van der Waals surface area (Å²) in [6, 6.07) is 23.4. The minimum Gasteiger partial charge on any atom is -0.481 e. The van der Waals surface area contributed by atoms with Gasteiger partial charge in [0.05, 0.1) is 19.3 Å². The lowest BCUT2D eigenvalue weighted by molar-refractivity contribution is 0.0429. The standard InChI is InChI=1S/C35H35N5O6/c1-45-29-15-14-27(30(40-29)33(43)39-25-11-8-23(9-12-25)31(36)37)26-13-10-24(32(42)38-20-35(21-41)16-5-17-35)18-28(26)34(44)46-19-22-6-3-2-4-7-22/h2-4,6-15,18,41H,5,16-17,19-21H2,1H3,(H3,36,37)(H,38,42)(H,39,43). The summed E-state index contributed by atoms with van der Waals surface area (Å²) in [5.41, 5.74) is 7.84. The molecular weight excluding hydrogens is 586 g/mol. The average Bonchev–Trinajstić information content (AvgIpc) is 3.07. The minimum atomic E-state index is -0.693. The van der Waals surface area contributed by atoms with Gasteiger partial charge in [0.25, 0.3) is 11.8 Å². The first-order chi connectivity index (χ1) is 22.2. The topological polar surface area (TPSA) is 177 Å². The Morgan fingerprint density at radius 3 is 2.26 bits per heavy atom. The number of amidine groups is 1. The van der Waals surface area contributed by atoms with Gasteiger partial charge in [-0.2, -0.15) is 0 Å². The van der Waals surface area contributed by atoms with E-state index in [4.69, 9.17) is 20.6 Å². The Morgan fingerprint density at radius 2 is 1.63 bits per heavy atom. The van der Waals surface area contributed by atoms with Crippen molar-refractivity contribution in [1.82, 2.24) is 10.3 Å². The summed E-state index contributed by atoms with van der Waals surface area (Å²) in [7, 11) is 1.43. The number of nitrogens with one attached hydrogen (secondary N) is 3. The summed E-state index contributed by atoms with van der Waals surface area (Å²) < 4.78 is 11.0. The highest BCUT2D eigenvalue weighted by atomic mass is 16.5. The number of nitrogens with two attached hydrogens (primary N) is 1. The molecule has 5 rings (SSSR count). The molecule has 0 radical (unpaired) electrons. The van der Waals surface area contributed by atoms with Gasteiger partial charge in [0.15, 0.2) is 0 Å². The smallest absolute Gasteiger partial charge is 0.339 e. The maximum atomic E-state index is 13.6. The van der Waals surface area contributed by atoms with E-state index in [1.165, 1.54) is 13.2 Å². The van der Waals surface area contributed by atoms with E-state index < -0.39 is 17.8 Å². The van der Waals surface area contributed by atoms with E-state index >= 15 is 0 Å². The number of aliphatic hydroxyl groups is 1. The Hall–Kier alpha value is -5.55. The van der Waals surface area contributed by atoms with Crippen molar-refractivity contribution in [3.63, 3.8) is 0 Å².